The maximum Gasteiger partial charge on any atom is 0.335 e. The summed E-state index contributed by atoms with van der Waals surface area (Å²) < 4.78 is 15.8. The maximum absolute atomic E-state index is 11.8. The van der Waals surface area contributed by atoms with Crippen molar-refractivity contribution in [2.24, 2.45) is 0 Å². The Morgan fingerprint density at radius 2 is 1.42 bits per heavy atom. The molecule has 0 heterocycles. The molecule has 1 N–H and O–H groups in total. The van der Waals surface area contributed by atoms with Gasteiger partial charge in [0.05, 0.1) is 5.56 Å². The predicted molar refractivity (Wildman–Crippen MR) is 96.0 cm³/mol. The summed E-state index contributed by atoms with van der Waals surface area (Å²) in [5, 5.41) is 8.83. The topological polar surface area (TPSA) is 82.1 Å². The number of Topliss-reactive ketones (excluding diaryl/α,β-unsaturated/α-hetero) is 1. The lowest BCUT2D eigenvalue weighted by Gasteiger charge is -2.08. The molecule has 0 aliphatic rings. The van der Waals surface area contributed by atoms with Gasteiger partial charge in [-0.3, -0.25) is 4.79 Å². The van der Waals surface area contributed by atoms with Crippen molar-refractivity contribution in [1.82, 2.24) is 0 Å². The number of carboxylic acid groups (broad SMARTS) is 1. The summed E-state index contributed by atoms with van der Waals surface area (Å²) in [5.74, 6) is -0.161. The molecule has 0 aromatic heterocycles. The lowest BCUT2D eigenvalue weighted by atomic mass is 10.1. The minimum atomic E-state index is -1.01. The van der Waals surface area contributed by atoms with Gasteiger partial charge in [-0.05, 0) is 54.8 Å². The van der Waals surface area contributed by atoms with Crippen molar-refractivity contribution >= 4 is 11.8 Å². The highest BCUT2D eigenvalue weighted by Gasteiger charge is 2.07. The SMILES string of the molecule is COCCCc1ccc(OCC(=O)COc2ccc(C(=O)O)cc2)cc1. The molecule has 2 aromatic carbocycles. The van der Waals surface area contributed by atoms with Crippen molar-refractivity contribution < 1.29 is 28.9 Å². The summed E-state index contributed by atoms with van der Waals surface area (Å²) in [6, 6.07) is 13.5. The molecule has 0 amide bonds. The van der Waals surface area contributed by atoms with E-state index in [2.05, 4.69) is 0 Å². The van der Waals surface area contributed by atoms with Gasteiger partial charge in [0.1, 0.15) is 24.7 Å². The third-order valence-corrected chi connectivity index (χ3v) is 3.64. The first-order chi connectivity index (χ1) is 12.6. The summed E-state index contributed by atoms with van der Waals surface area (Å²) in [4.78, 5) is 22.6. The van der Waals surface area contributed by atoms with Crippen molar-refractivity contribution in [2.45, 2.75) is 12.8 Å². The summed E-state index contributed by atoms with van der Waals surface area (Å²) >= 11 is 0. The number of aromatic carboxylic acids is 1. The second-order valence-electron chi connectivity index (χ2n) is 5.69. The number of rotatable bonds is 11. The largest absolute Gasteiger partial charge is 0.486 e. The van der Waals surface area contributed by atoms with E-state index in [0.29, 0.717) is 11.5 Å². The smallest absolute Gasteiger partial charge is 0.335 e. The molecule has 0 radical (unpaired) electrons. The van der Waals surface area contributed by atoms with E-state index >= 15 is 0 Å². The number of carbonyl (C=O) groups is 2. The molecule has 0 spiro atoms. The fraction of sp³-hybridized carbons (Fsp3) is 0.300. The zero-order chi connectivity index (χ0) is 18.8. The first-order valence-electron chi connectivity index (χ1n) is 8.27. The van der Waals surface area contributed by atoms with E-state index in [1.54, 1.807) is 7.11 Å². The number of hydrogen-bond acceptors (Lipinski definition) is 5. The summed E-state index contributed by atoms with van der Waals surface area (Å²) in [7, 11) is 1.68. The van der Waals surface area contributed by atoms with Gasteiger partial charge in [-0.15, -0.1) is 0 Å². The van der Waals surface area contributed by atoms with Crippen LogP contribution in [0.4, 0.5) is 0 Å². The van der Waals surface area contributed by atoms with Crippen LogP contribution < -0.4 is 9.47 Å². The Hall–Kier alpha value is -2.86. The Bertz CT molecular complexity index is 706. The van der Waals surface area contributed by atoms with Gasteiger partial charge in [0.25, 0.3) is 0 Å². The van der Waals surface area contributed by atoms with E-state index in [1.807, 2.05) is 24.3 Å². The third kappa shape index (κ3) is 6.57. The molecule has 0 unspecified atom stereocenters. The molecule has 0 bridgehead atoms. The molecular formula is C20H22O6. The maximum atomic E-state index is 11.8. The number of hydrogen-bond donors (Lipinski definition) is 1. The Morgan fingerprint density at radius 1 is 0.885 bits per heavy atom. The van der Waals surface area contributed by atoms with Crippen molar-refractivity contribution in [3.63, 3.8) is 0 Å². The second kappa shape index (κ2) is 10.2. The van der Waals surface area contributed by atoms with Crippen LogP contribution in [0.1, 0.15) is 22.3 Å². The highest BCUT2D eigenvalue weighted by atomic mass is 16.5. The molecule has 0 saturated carbocycles. The molecule has 0 atom stereocenters. The lowest BCUT2D eigenvalue weighted by molar-refractivity contribution is -0.123. The first kappa shape index (κ1) is 19.5. The van der Waals surface area contributed by atoms with Gasteiger partial charge in [0.15, 0.2) is 0 Å². The Kier molecular flexibility index (Phi) is 7.64. The zero-order valence-electron chi connectivity index (χ0n) is 14.6. The average Bonchev–Trinajstić information content (AvgIpc) is 2.66. The van der Waals surface area contributed by atoms with Gasteiger partial charge < -0.3 is 19.3 Å². The third-order valence-electron chi connectivity index (χ3n) is 3.64. The summed E-state index contributed by atoms with van der Waals surface area (Å²) in [6.45, 7) is 0.504. The average molecular weight is 358 g/mol. The van der Waals surface area contributed by atoms with Crippen LogP contribution in [0.2, 0.25) is 0 Å². The number of carbonyl (C=O) groups excluding carboxylic acids is 1. The van der Waals surface area contributed by atoms with Crippen LogP contribution in [0, 0.1) is 0 Å². The normalized spacial score (nSPS) is 10.3. The number of carboxylic acids is 1. The molecule has 2 rings (SSSR count). The molecule has 6 nitrogen and oxygen atoms in total. The minimum absolute atomic E-state index is 0.0871. The van der Waals surface area contributed by atoms with E-state index < -0.39 is 5.97 Å². The van der Waals surface area contributed by atoms with Gasteiger partial charge in [0.2, 0.25) is 5.78 Å². The van der Waals surface area contributed by atoms with Crippen molar-refractivity contribution in [2.75, 3.05) is 26.9 Å². The molecule has 0 saturated heterocycles. The minimum Gasteiger partial charge on any atom is -0.486 e. The molecule has 6 heteroatoms. The number of aryl methyl sites for hydroxylation is 1. The van der Waals surface area contributed by atoms with Gasteiger partial charge in [-0.2, -0.15) is 0 Å². The van der Waals surface area contributed by atoms with Crippen molar-refractivity contribution in [3.8, 4) is 11.5 Å². The lowest BCUT2D eigenvalue weighted by Crippen LogP contribution is -2.19. The van der Waals surface area contributed by atoms with Crippen molar-refractivity contribution in [1.29, 1.82) is 0 Å². The van der Waals surface area contributed by atoms with Crippen LogP contribution in [0.5, 0.6) is 11.5 Å². The van der Waals surface area contributed by atoms with E-state index in [4.69, 9.17) is 19.3 Å². The van der Waals surface area contributed by atoms with E-state index in [0.717, 1.165) is 19.4 Å². The number of benzene rings is 2. The molecule has 2 aromatic rings. The molecule has 0 fully saturated rings. The molecule has 138 valence electrons. The molecule has 26 heavy (non-hydrogen) atoms. The van der Waals surface area contributed by atoms with E-state index in [9.17, 15) is 9.59 Å². The standard InChI is InChI=1S/C20H22O6/c1-24-12-2-3-15-4-8-18(9-5-15)25-13-17(21)14-26-19-10-6-16(7-11-19)20(22)23/h4-11H,2-3,12-14H2,1H3,(H,22,23). The van der Waals surface area contributed by atoms with Crippen LogP contribution in [-0.4, -0.2) is 43.8 Å². The second-order valence-corrected chi connectivity index (χ2v) is 5.69. The predicted octanol–water partition coefficient (Wildman–Crippen LogP) is 2.99. The quantitative estimate of drug-likeness (QED) is 0.622. The van der Waals surface area contributed by atoms with Gasteiger partial charge in [0, 0.05) is 13.7 Å². The van der Waals surface area contributed by atoms with E-state index in [-0.39, 0.29) is 24.6 Å². The van der Waals surface area contributed by atoms with E-state index in [1.165, 1.54) is 29.8 Å². The Balaban J connectivity index is 1.71. The highest BCUT2D eigenvalue weighted by molar-refractivity contribution is 5.87. The van der Waals surface area contributed by atoms with Crippen molar-refractivity contribution in [3.05, 3.63) is 59.7 Å². The number of ether oxygens (including phenoxy) is 3. The number of methoxy groups -OCH3 is 1. The number of ketones is 1. The summed E-state index contributed by atoms with van der Waals surface area (Å²) in [6.07, 6.45) is 1.89. The Morgan fingerprint density at radius 3 is 1.92 bits per heavy atom. The monoisotopic (exact) mass is 358 g/mol. The van der Waals surface area contributed by atoms with Crippen LogP contribution in [0.15, 0.2) is 48.5 Å². The molecule has 0 aliphatic heterocycles. The van der Waals surface area contributed by atoms with Crippen LogP contribution in [0.3, 0.4) is 0 Å². The highest BCUT2D eigenvalue weighted by Crippen LogP contribution is 2.14. The van der Waals surface area contributed by atoms with Gasteiger partial charge >= 0.3 is 5.97 Å². The first-order valence-corrected chi connectivity index (χ1v) is 8.27. The van der Waals surface area contributed by atoms with Crippen LogP contribution in [-0.2, 0) is 16.0 Å². The van der Waals surface area contributed by atoms with Gasteiger partial charge in [-0.25, -0.2) is 4.79 Å². The van der Waals surface area contributed by atoms with Gasteiger partial charge in [-0.1, -0.05) is 12.1 Å². The fourth-order valence-corrected chi connectivity index (χ4v) is 2.24. The Labute approximate surface area is 152 Å². The van der Waals surface area contributed by atoms with Crippen LogP contribution >= 0.6 is 0 Å². The molecular weight excluding hydrogens is 336 g/mol. The fourth-order valence-electron chi connectivity index (χ4n) is 2.24. The summed E-state index contributed by atoms with van der Waals surface area (Å²) in [5.41, 5.74) is 1.35. The molecule has 0 aliphatic carbocycles. The zero-order valence-corrected chi connectivity index (χ0v) is 14.6. The van der Waals surface area contributed by atoms with Crippen LogP contribution in [0.25, 0.3) is 0 Å².